The van der Waals surface area contributed by atoms with E-state index in [2.05, 4.69) is 10.9 Å². The molecule has 0 heterocycles. The van der Waals surface area contributed by atoms with Crippen LogP contribution in [-0.2, 0) is 4.79 Å². The van der Waals surface area contributed by atoms with Gasteiger partial charge in [0.25, 0.3) is 5.69 Å². The first-order valence-electron chi connectivity index (χ1n) is 5.87. The zero-order valence-electron chi connectivity index (χ0n) is 10.8. The van der Waals surface area contributed by atoms with Crippen molar-refractivity contribution in [1.29, 1.82) is 0 Å². The first-order valence-corrected chi connectivity index (χ1v) is 5.87. The molecule has 3 N–H and O–H groups in total. The van der Waals surface area contributed by atoms with Gasteiger partial charge < -0.3 is 5.11 Å². The molecule has 0 spiro atoms. The van der Waals surface area contributed by atoms with Crippen molar-refractivity contribution in [3.05, 3.63) is 34.4 Å². The molecule has 0 aliphatic heterocycles. The Hall–Kier alpha value is -2.15. The van der Waals surface area contributed by atoms with Gasteiger partial charge in [0, 0.05) is 12.1 Å². The summed E-state index contributed by atoms with van der Waals surface area (Å²) in [5, 5.41) is 20.1. The third-order valence-corrected chi connectivity index (χ3v) is 2.57. The SMILES string of the molecule is CC(C)C(O)CC(=O)NNc1cccc([N+](=O)[O-])c1. The minimum atomic E-state index is -0.716. The van der Waals surface area contributed by atoms with Crippen molar-refractivity contribution in [3.63, 3.8) is 0 Å². The highest BCUT2D eigenvalue weighted by molar-refractivity contribution is 5.78. The minimum Gasteiger partial charge on any atom is -0.392 e. The molecule has 1 aromatic carbocycles. The number of hydrogen-bond acceptors (Lipinski definition) is 5. The highest BCUT2D eigenvalue weighted by atomic mass is 16.6. The fourth-order valence-electron chi connectivity index (χ4n) is 1.32. The number of nitro benzene ring substituents is 1. The van der Waals surface area contributed by atoms with Crippen molar-refractivity contribution >= 4 is 17.3 Å². The van der Waals surface area contributed by atoms with Gasteiger partial charge in [-0.3, -0.25) is 25.8 Å². The topological polar surface area (TPSA) is 104 Å². The van der Waals surface area contributed by atoms with Gasteiger partial charge in [-0.15, -0.1) is 0 Å². The molecule has 0 aliphatic rings. The average Bonchev–Trinajstić information content (AvgIpc) is 2.36. The van der Waals surface area contributed by atoms with Crippen LogP contribution in [0, 0.1) is 16.0 Å². The van der Waals surface area contributed by atoms with Crippen molar-refractivity contribution in [2.45, 2.75) is 26.4 Å². The second-order valence-corrected chi connectivity index (χ2v) is 4.50. The molecular formula is C12H17N3O4. The zero-order valence-corrected chi connectivity index (χ0v) is 10.8. The maximum Gasteiger partial charge on any atom is 0.271 e. The number of aliphatic hydroxyl groups is 1. The summed E-state index contributed by atoms with van der Waals surface area (Å²) < 4.78 is 0. The van der Waals surface area contributed by atoms with E-state index in [4.69, 9.17) is 0 Å². The summed E-state index contributed by atoms with van der Waals surface area (Å²) >= 11 is 0. The van der Waals surface area contributed by atoms with Crippen LogP contribution >= 0.6 is 0 Å². The Labute approximate surface area is 110 Å². The second kappa shape index (κ2) is 6.69. The van der Waals surface area contributed by atoms with Crippen LogP contribution in [-0.4, -0.2) is 22.0 Å². The van der Waals surface area contributed by atoms with E-state index in [1.165, 1.54) is 18.2 Å². The van der Waals surface area contributed by atoms with Gasteiger partial charge >= 0.3 is 0 Å². The molecule has 1 amide bonds. The molecular weight excluding hydrogens is 250 g/mol. The lowest BCUT2D eigenvalue weighted by Gasteiger charge is -2.14. The summed E-state index contributed by atoms with van der Waals surface area (Å²) in [5.74, 6) is -0.392. The Bertz CT molecular complexity index is 462. The van der Waals surface area contributed by atoms with Crippen LogP contribution in [0.15, 0.2) is 24.3 Å². The summed E-state index contributed by atoms with van der Waals surface area (Å²) in [5.41, 5.74) is 5.28. The molecule has 7 nitrogen and oxygen atoms in total. The van der Waals surface area contributed by atoms with E-state index in [0.29, 0.717) is 5.69 Å². The standard InChI is InChI=1S/C12H17N3O4/c1-8(2)11(16)7-12(17)14-13-9-4-3-5-10(6-9)15(18)19/h3-6,8,11,13,16H,7H2,1-2H3,(H,14,17). The summed E-state index contributed by atoms with van der Waals surface area (Å²) in [4.78, 5) is 21.5. The lowest BCUT2D eigenvalue weighted by atomic mass is 10.0. The molecule has 104 valence electrons. The van der Waals surface area contributed by atoms with Gasteiger partial charge in [-0.1, -0.05) is 19.9 Å². The van der Waals surface area contributed by atoms with E-state index in [1.54, 1.807) is 6.07 Å². The Morgan fingerprint density at radius 2 is 2.16 bits per heavy atom. The van der Waals surface area contributed by atoms with Crippen LogP contribution in [0.25, 0.3) is 0 Å². The largest absolute Gasteiger partial charge is 0.392 e. The highest BCUT2D eigenvalue weighted by Gasteiger charge is 2.14. The Morgan fingerprint density at radius 3 is 2.74 bits per heavy atom. The van der Waals surface area contributed by atoms with Crippen LogP contribution in [0.1, 0.15) is 20.3 Å². The smallest absolute Gasteiger partial charge is 0.271 e. The third kappa shape index (κ3) is 4.92. The quantitative estimate of drug-likeness (QED) is 0.534. The number of nitrogens with zero attached hydrogens (tertiary/aromatic N) is 1. The highest BCUT2D eigenvalue weighted by Crippen LogP contribution is 2.16. The van der Waals surface area contributed by atoms with Gasteiger partial charge in [0.05, 0.1) is 23.1 Å². The molecule has 0 aromatic heterocycles. The molecule has 1 aromatic rings. The van der Waals surface area contributed by atoms with Crippen LogP contribution in [0.3, 0.4) is 0 Å². The molecule has 0 fully saturated rings. The number of anilines is 1. The Morgan fingerprint density at radius 1 is 1.47 bits per heavy atom. The normalized spacial score (nSPS) is 12.0. The molecule has 19 heavy (non-hydrogen) atoms. The monoisotopic (exact) mass is 267 g/mol. The predicted molar refractivity (Wildman–Crippen MR) is 70.3 cm³/mol. The van der Waals surface area contributed by atoms with Gasteiger partial charge in [-0.2, -0.15) is 0 Å². The minimum absolute atomic E-state index is 0.0106. The predicted octanol–water partition coefficient (Wildman–Crippen LogP) is 1.44. The molecule has 0 saturated carbocycles. The van der Waals surface area contributed by atoms with E-state index in [0.717, 1.165) is 0 Å². The van der Waals surface area contributed by atoms with Gasteiger partial charge in [-0.05, 0) is 12.0 Å². The first-order chi connectivity index (χ1) is 8.90. The van der Waals surface area contributed by atoms with E-state index in [-0.39, 0.29) is 23.9 Å². The number of non-ortho nitro benzene ring substituents is 1. The molecule has 1 atom stereocenters. The fourth-order valence-corrected chi connectivity index (χ4v) is 1.32. The van der Waals surface area contributed by atoms with Gasteiger partial charge in [-0.25, -0.2) is 0 Å². The number of carbonyl (C=O) groups is 1. The number of benzene rings is 1. The Balaban J connectivity index is 2.50. The number of aliphatic hydroxyl groups excluding tert-OH is 1. The number of rotatable bonds is 6. The average molecular weight is 267 g/mol. The van der Waals surface area contributed by atoms with Gasteiger partial charge in [0.15, 0.2) is 0 Å². The lowest BCUT2D eigenvalue weighted by Crippen LogP contribution is -2.33. The van der Waals surface area contributed by atoms with Crippen molar-refractivity contribution in [2.75, 3.05) is 5.43 Å². The van der Waals surface area contributed by atoms with Gasteiger partial charge in [0.2, 0.25) is 5.91 Å². The molecule has 0 radical (unpaired) electrons. The summed E-state index contributed by atoms with van der Waals surface area (Å²) in [6, 6.07) is 5.76. The van der Waals surface area contributed by atoms with Crippen molar-refractivity contribution < 1.29 is 14.8 Å². The van der Waals surface area contributed by atoms with Crippen LogP contribution in [0.5, 0.6) is 0 Å². The summed E-state index contributed by atoms with van der Waals surface area (Å²) in [7, 11) is 0. The zero-order chi connectivity index (χ0) is 14.4. The maximum atomic E-state index is 11.5. The van der Waals surface area contributed by atoms with Crippen LogP contribution < -0.4 is 10.9 Å². The maximum absolute atomic E-state index is 11.5. The van der Waals surface area contributed by atoms with Crippen molar-refractivity contribution in [1.82, 2.24) is 5.43 Å². The number of hydrogen-bond donors (Lipinski definition) is 3. The molecule has 7 heteroatoms. The van der Waals surface area contributed by atoms with Gasteiger partial charge in [0.1, 0.15) is 0 Å². The van der Waals surface area contributed by atoms with Crippen LogP contribution in [0.4, 0.5) is 11.4 Å². The third-order valence-electron chi connectivity index (χ3n) is 2.57. The molecule has 0 aliphatic carbocycles. The number of nitrogens with one attached hydrogen (secondary N) is 2. The van der Waals surface area contributed by atoms with Crippen LogP contribution in [0.2, 0.25) is 0 Å². The fraction of sp³-hybridized carbons (Fsp3) is 0.417. The molecule has 1 unspecified atom stereocenters. The summed E-state index contributed by atoms with van der Waals surface area (Å²) in [6.45, 7) is 3.62. The van der Waals surface area contributed by atoms with E-state index < -0.39 is 11.0 Å². The van der Waals surface area contributed by atoms with E-state index >= 15 is 0 Å². The van der Waals surface area contributed by atoms with Crippen molar-refractivity contribution in [3.8, 4) is 0 Å². The van der Waals surface area contributed by atoms with Crippen molar-refractivity contribution in [2.24, 2.45) is 5.92 Å². The summed E-state index contributed by atoms with van der Waals surface area (Å²) in [6.07, 6.45) is -0.744. The number of carbonyl (C=O) groups excluding carboxylic acids is 1. The molecule has 0 bridgehead atoms. The number of nitro groups is 1. The molecule has 1 rings (SSSR count). The van der Waals surface area contributed by atoms with E-state index in [9.17, 15) is 20.0 Å². The second-order valence-electron chi connectivity index (χ2n) is 4.50. The number of amides is 1. The van der Waals surface area contributed by atoms with E-state index in [1.807, 2.05) is 13.8 Å². The first kappa shape index (κ1) is 14.9. The molecule has 0 saturated heterocycles. The lowest BCUT2D eigenvalue weighted by molar-refractivity contribution is -0.384. The number of hydrazine groups is 1. The Kier molecular flexibility index (Phi) is 5.25.